The van der Waals surface area contributed by atoms with Gasteiger partial charge in [0.1, 0.15) is 25.0 Å². The fourth-order valence-corrected chi connectivity index (χ4v) is 2.77. The number of esters is 1. The standard InChI is InChI=1S/C22H28N2O6/c1-4-28-19(25)14-24(13-18-11-8-12-29-18)21(26)20(16(2)3)23-22(27)30-15-17-9-6-5-7-10-17/h5-12,16,20H,4,13-15H2,1-3H3,(H,23,27)/t20-/m0/s1. The zero-order valence-corrected chi connectivity index (χ0v) is 17.5. The summed E-state index contributed by atoms with van der Waals surface area (Å²) >= 11 is 0. The second kappa shape index (κ2) is 11.6. The predicted octanol–water partition coefficient (Wildman–Crippen LogP) is 3.12. The van der Waals surface area contributed by atoms with E-state index in [2.05, 4.69) is 5.32 Å². The highest BCUT2D eigenvalue weighted by molar-refractivity contribution is 5.88. The minimum Gasteiger partial charge on any atom is -0.467 e. The van der Waals surface area contributed by atoms with Gasteiger partial charge in [-0.15, -0.1) is 0 Å². The molecule has 1 heterocycles. The number of nitrogens with zero attached hydrogens (tertiary/aromatic N) is 1. The molecule has 8 heteroatoms. The van der Waals surface area contributed by atoms with Crippen molar-refractivity contribution in [3.05, 3.63) is 60.1 Å². The van der Waals surface area contributed by atoms with Gasteiger partial charge in [0.2, 0.25) is 5.91 Å². The van der Waals surface area contributed by atoms with Gasteiger partial charge in [0, 0.05) is 0 Å². The Balaban J connectivity index is 2.05. The van der Waals surface area contributed by atoms with Gasteiger partial charge in [0.15, 0.2) is 0 Å². The van der Waals surface area contributed by atoms with Crippen molar-refractivity contribution in [2.24, 2.45) is 5.92 Å². The molecule has 0 aliphatic rings. The van der Waals surface area contributed by atoms with Crippen molar-refractivity contribution in [1.82, 2.24) is 10.2 Å². The fraction of sp³-hybridized carbons (Fsp3) is 0.409. The molecule has 0 radical (unpaired) electrons. The van der Waals surface area contributed by atoms with Gasteiger partial charge in [-0.1, -0.05) is 44.2 Å². The van der Waals surface area contributed by atoms with Gasteiger partial charge < -0.3 is 24.1 Å². The number of rotatable bonds is 10. The Morgan fingerprint density at radius 2 is 1.80 bits per heavy atom. The summed E-state index contributed by atoms with van der Waals surface area (Å²) < 4.78 is 15.5. The molecule has 0 fully saturated rings. The molecule has 0 bridgehead atoms. The Bertz CT molecular complexity index is 804. The number of carbonyl (C=O) groups is 3. The highest BCUT2D eigenvalue weighted by Crippen LogP contribution is 2.12. The summed E-state index contributed by atoms with van der Waals surface area (Å²) in [5, 5.41) is 2.62. The first kappa shape index (κ1) is 23.0. The molecule has 1 aromatic carbocycles. The Morgan fingerprint density at radius 1 is 1.07 bits per heavy atom. The highest BCUT2D eigenvalue weighted by Gasteiger charge is 2.31. The number of alkyl carbamates (subject to hydrolysis) is 1. The summed E-state index contributed by atoms with van der Waals surface area (Å²) in [6, 6.07) is 11.8. The van der Waals surface area contributed by atoms with E-state index in [1.165, 1.54) is 11.2 Å². The van der Waals surface area contributed by atoms with Gasteiger partial charge in [-0.3, -0.25) is 9.59 Å². The van der Waals surface area contributed by atoms with Crippen LogP contribution in [0.3, 0.4) is 0 Å². The highest BCUT2D eigenvalue weighted by atomic mass is 16.5. The first-order valence-corrected chi connectivity index (χ1v) is 9.84. The van der Waals surface area contributed by atoms with Crippen LogP contribution in [0.2, 0.25) is 0 Å². The molecule has 8 nitrogen and oxygen atoms in total. The molecule has 2 rings (SSSR count). The predicted molar refractivity (Wildman–Crippen MR) is 109 cm³/mol. The van der Waals surface area contributed by atoms with Crippen LogP contribution in [0.1, 0.15) is 32.1 Å². The normalized spacial score (nSPS) is 11.6. The van der Waals surface area contributed by atoms with E-state index in [0.717, 1.165) is 5.56 Å². The Hall–Kier alpha value is -3.29. The third-order valence-corrected chi connectivity index (χ3v) is 4.28. The van der Waals surface area contributed by atoms with E-state index in [4.69, 9.17) is 13.9 Å². The topological polar surface area (TPSA) is 98.1 Å². The second-order valence-corrected chi connectivity index (χ2v) is 7.01. The molecule has 0 unspecified atom stereocenters. The van der Waals surface area contributed by atoms with Gasteiger partial charge in [-0.05, 0) is 30.5 Å². The number of furan rings is 1. The first-order valence-electron chi connectivity index (χ1n) is 9.84. The zero-order valence-electron chi connectivity index (χ0n) is 17.5. The SMILES string of the molecule is CCOC(=O)CN(Cc1ccco1)C(=O)[C@@H](NC(=O)OCc1ccccc1)C(C)C. The van der Waals surface area contributed by atoms with E-state index in [0.29, 0.717) is 5.76 Å². The van der Waals surface area contributed by atoms with E-state index in [1.807, 2.05) is 30.3 Å². The molecule has 0 aliphatic heterocycles. The van der Waals surface area contributed by atoms with Crippen molar-refractivity contribution in [2.75, 3.05) is 13.2 Å². The van der Waals surface area contributed by atoms with Crippen molar-refractivity contribution < 1.29 is 28.3 Å². The Kier molecular flexibility index (Phi) is 8.93. The summed E-state index contributed by atoms with van der Waals surface area (Å²) in [5.74, 6) is -0.678. The minimum absolute atomic E-state index is 0.0780. The molecule has 1 atom stereocenters. The van der Waals surface area contributed by atoms with Crippen molar-refractivity contribution >= 4 is 18.0 Å². The van der Waals surface area contributed by atoms with Crippen LogP contribution in [-0.2, 0) is 32.2 Å². The van der Waals surface area contributed by atoms with Crippen LogP contribution in [0.5, 0.6) is 0 Å². The monoisotopic (exact) mass is 416 g/mol. The van der Waals surface area contributed by atoms with Crippen LogP contribution in [0.25, 0.3) is 0 Å². The lowest BCUT2D eigenvalue weighted by Gasteiger charge is -2.28. The number of amides is 2. The molecule has 162 valence electrons. The summed E-state index contributed by atoms with van der Waals surface area (Å²) in [6.07, 6.45) is 0.779. The molecule has 1 aromatic heterocycles. The molecular weight excluding hydrogens is 388 g/mol. The molecule has 1 N–H and O–H groups in total. The molecule has 0 saturated carbocycles. The quantitative estimate of drug-likeness (QED) is 0.598. The van der Waals surface area contributed by atoms with Crippen LogP contribution in [0, 0.1) is 5.92 Å². The molecule has 0 saturated heterocycles. The first-order chi connectivity index (χ1) is 14.4. The van der Waals surface area contributed by atoms with E-state index < -0.39 is 24.0 Å². The largest absolute Gasteiger partial charge is 0.467 e. The lowest BCUT2D eigenvalue weighted by Crippen LogP contribution is -2.52. The molecule has 0 aliphatic carbocycles. The lowest BCUT2D eigenvalue weighted by atomic mass is 10.0. The summed E-state index contributed by atoms with van der Waals surface area (Å²) in [7, 11) is 0. The van der Waals surface area contributed by atoms with Crippen molar-refractivity contribution in [3.63, 3.8) is 0 Å². The average Bonchev–Trinajstić information content (AvgIpc) is 3.23. The second-order valence-electron chi connectivity index (χ2n) is 7.01. The third-order valence-electron chi connectivity index (χ3n) is 4.28. The van der Waals surface area contributed by atoms with Crippen LogP contribution < -0.4 is 5.32 Å². The number of benzene rings is 1. The maximum atomic E-state index is 13.2. The van der Waals surface area contributed by atoms with Crippen LogP contribution in [0.15, 0.2) is 53.1 Å². The van der Waals surface area contributed by atoms with Crippen LogP contribution >= 0.6 is 0 Å². The number of carbonyl (C=O) groups excluding carboxylic acids is 3. The average molecular weight is 416 g/mol. The summed E-state index contributed by atoms with van der Waals surface area (Å²) in [5.41, 5.74) is 0.835. The third kappa shape index (κ3) is 7.27. The molecule has 30 heavy (non-hydrogen) atoms. The van der Waals surface area contributed by atoms with Crippen molar-refractivity contribution in [3.8, 4) is 0 Å². The molecular formula is C22H28N2O6. The van der Waals surface area contributed by atoms with E-state index in [1.54, 1.807) is 32.9 Å². The number of hydrogen-bond acceptors (Lipinski definition) is 6. The number of nitrogens with one attached hydrogen (secondary N) is 1. The van der Waals surface area contributed by atoms with Crippen molar-refractivity contribution in [2.45, 2.75) is 40.0 Å². The molecule has 2 amide bonds. The lowest BCUT2D eigenvalue weighted by molar-refractivity contribution is -0.150. The van der Waals surface area contributed by atoms with E-state index in [-0.39, 0.29) is 32.2 Å². The molecule has 2 aromatic rings. The number of ether oxygens (including phenoxy) is 2. The zero-order chi connectivity index (χ0) is 21.9. The minimum atomic E-state index is -0.877. The summed E-state index contributed by atoms with van der Waals surface area (Å²) in [6.45, 7) is 5.42. The fourth-order valence-electron chi connectivity index (χ4n) is 2.77. The maximum absolute atomic E-state index is 13.2. The maximum Gasteiger partial charge on any atom is 0.408 e. The number of hydrogen-bond donors (Lipinski definition) is 1. The van der Waals surface area contributed by atoms with Crippen LogP contribution in [0.4, 0.5) is 4.79 Å². The van der Waals surface area contributed by atoms with Crippen LogP contribution in [-0.4, -0.2) is 42.1 Å². The van der Waals surface area contributed by atoms with Gasteiger partial charge in [-0.2, -0.15) is 0 Å². The summed E-state index contributed by atoms with van der Waals surface area (Å²) in [4.78, 5) is 38.8. The van der Waals surface area contributed by atoms with Crippen molar-refractivity contribution in [1.29, 1.82) is 0 Å². The Labute approximate surface area is 176 Å². The van der Waals surface area contributed by atoms with Gasteiger partial charge in [0.25, 0.3) is 0 Å². The molecule has 0 spiro atoms. The Morgan fingerprint density at radius 3 is 2.40 bits per heavy atom. The van der Waals surface area contributed by atoms with E-state index in [9.17, 15) is 14.4 Å². The smallest absolute Gasteiger partial charge is 0.408 e. The van der Waals surface area contributed by atoms with Gasteiger partial charge in [-0.25, -0.2) is 4.79 Å². The van der Waals surface area contributed by atoms with Gasteiger partial charge in [0.05, 0.1) is 19.4 Å². The van der Waals surface area contributed by atoms with Gasteiger partial charge >= 0.3 is 12.1 Å². The van der Waals surface area contributed by atoms with E-state index >= 15 is 0 Å².